The highest BCUT2D eigenvalue weighted by Gasteiger charge is 1.82. The Morgan fingerprint density at radius 2 is 2.14 bits per heavy atom. The second-order valence-corrected chi connectivity index (χ2v) is 2.39. The fraction of sp³-hybridized carbons (Fsp3) is 1.00. The Hall–Kier alpha value is 0.545. The molecule has 0 fully saturated rings. The first-order chi connectivity index (χ1) is 3.41. The third kappa shape index (κ3) is 6.54. The maximum atomic E-state index is 3.37. The van der Waals surface area contributed by atoms with Gasteiger partial charge in [0.2, 0.25) is 0 Å². The molecule has 41 valence electrons. The summed E-state index contributed by atoms with van der Waals surface area (Å²) in [6.45, 7) is 2.11. The summed E-state index contributed by atoms with van der Waals surface area (Å²) in [4.78, 5) is 0. The molecule has 0 N–H and O–H groups in total. The number of unbranched alkanes of at least 4 members (excludes halogenated alkanes) is 1. The van der Waals surface area contributed by atoms with Crippen molar-refractivity contribution in [2.45, 2.75) is 26.0 Å². The van der Waals surface area contributed by atoms with E-state index in [2.05, 4.69) is 30.0 Å². The van der Waals surface area contributed by atoms with E-state index in [1.165, 1.54) is 19.2 Å². The van der Waals surface area contributed by atoms with Crippen LogP contribution in [0.15, 0.2) is 0 Å². The average molecular weight is 162 g/mol. The van der Waals surface area contributed by atoms with Gasteiger partial charge in [0.1, 0.15) is 7.28 Å². The molecule has 0 heterocycles. The van der Waals surface area contributed by atoms with E-state index >= 15 is 0 Å². The number of halogens is 1. The summed E-state index contributed by atoms with van der Waals surface area (Å²) in [7, 11) is 2.21. The molecule has 0 amide bonds. The van der Waals surface area contributed by atoms with Crippen LogP contribution >= 0.6 is 15.9 Å². The minimum Gasteiger partial charge on any atom is -0.0928 e. The van der Waals surface area contributed by atoms with Crippen molar-refractivity contribution in [2.75, 3.05) is 5.33 Å². The van der Waals surface area contributed by atoms with E-state index in [1.54, 1.807) is 0 Å². The van der Waals surface area contributed by atoms with Crippen LogP contribution in [0.25, 0.3) is 0 Å². The third-order valence-corrected chi connectivity index (χ3v) is 1.44. The lowest BCUT2D eigenvalue weighted by Gasteiger charge is -1.88. The molecule has 0 aromatic rings. The van der Waals surface area contributed by atoms with Gasteiger partial charge < -0.3 is 0 Å². The second kappa shape index (κ2) is 6.54. The van der Waals surface area contributed by atoms with Gasteiger partial charge >= 0.3 is 0 Å². The van der Waals surface area contributed by atoms with Crippen molar-refractivity contribution >= 4 is 23.2 Å². The van der Waals surface area contributed by atoms with E-state index < -0.39 is 0 Å². The molecule has 0 saturated heterocycles. The van der Waals surface area contributed by atoms with Crippen molar-refractivity contribution in [2.24, 2.45) is 0 Å². The Morgan fingerprint density at radius 1 is 1.43 bits per heavy atom. The van der Waals surface area contributed by atoms with Crippen LogP contribution in [0, 0.1) is 0 Å². The summed E-state index contributed by atoms with van der Waals surface area (Å²) >= 11 is 3.37. The van der Waals surface area contributed by atoms with Crippen LogP contribution < -0.4 is 0 Å². The third-order valence-electron chi connectivity index (χ3n) is 0.876. The van der Waals surface area contributed by atoms with Crippen LogP contribution in [0.2, 0.25) is 13.1 Å². The molecule has 0 aliphatic heterocycles. The van der Waals surface area contributed by atoms with Gasteiger partial charge in [0.05, 0.1) is 0 Å². The first-order valence-electron chi connectivity index (χ1n) is 2.75. The minimum absolute atomic E-state index is 1.15. The Labute approximate surface area is 55.1 Å². The van der Waals surface area contributed by atoms with Gasteiger partial charge in [-0.05, 0) is 6.42 Å². The van der Waals surface area contributed by atoms with Gasteiger partial charge in [0.25, 0.3) is 0 Å². The summed E-state index contributed by atoms with van der Waals surface area (Å²) in [5.41, 5.74) is 0. The highest BCUT2D eigenvalue weighted by molar-refractivity contribution is 9.09. The molecule has 0 spiro atoms. The summed E-state index contributed by atoms with van der Waals surface area (Å²) in [6.07, 6.45) is 3.91. The van der Waals surface area contributed by atoms with Crippen molar-refractivity contribution < 1.29 is 0 Å². The van der Waals surface area contributed by atoms with Crippen LogP contribution in [-0.2, 0) is 0 Å². The molecule has 0 aliphatic carbocycles. The van der Waals surface area contributed by atoms with Crippen LogP contribution in [-0.4, -0.2) is 12.6 Å². The van der Waals surface area contributed by atoms with Crippen LogP contribution in [0.3, 0.4) is 0 Å². The first-order valence-corrected chi connectivity index (χ1v) is 3.87. The molecule has 0 rings (SSSR count). The molecule has 1 radical (unpaired) electrons. The summed E-state index contributed by atoms with van der Waals surface area (Å²) in [5.74, 6) is 0. The van der Waals surface area contributed by atoms with Gasteiger partial charge in [0, 0.05) is 5.33 Å². The van der Waals surface area contributed by atoms with E-state index in [9.17, 15) is 0 Å². The van der Waals surface area contributed by atoms with Gasteiger partial charge in [0.15, 0.2) is 0 Å². The molecule has 0 bridgehead atoms. The zero-order valence-corrected chi connectivity index (χ0v) is 6.37. The van der Waals surface area contributed by atoms with E-state index in [0.717, 1.165) is 5.33 Å². The Kier molecular flexibility index (Phi) is 7.05. The summed E-state index contributed by atoms with van der Waals surface area (Å²) in [6, 6.07) is 0. The van der Waals surface area contributed by atoms with Crippen molar-refractivity contribution in [3.8, 4) is 0 Å². The molecule has 0 aliphatic rings. The summed E-state index contributed by atoms with van der Waals surface area (Å²) < 4.78 is 0. The van der Waals surface area contributed by atoms with E-state index in [-0.39, 0.29) is 0 Å². The van der Waals surface area contributed by atoms with Gasteiger partial charge in [-0.25, -0.2) is 0 Å². The van der Waals surface area contributed by atoms with Gasteiger partial charge in [-0.15, -0.1) is 0 Å². The maximum Gasteiger partial charge on any atom is 0.105 e. The predicted octanol–water partition coefficient (Wildman–Crippen LogP) is 2.33. The lowest BCUT2D eigenvalue weighted by molar-refractivity contribution is 0.896. The molecule has 0 atom stereocenters. The van der Waals surface area contributed by atoms with Crippen LogP contribution in [0.1, 0.15) is 12.8 Å². The Morgan fingerprint density at radius 3 is 2.57 bits per heavy atom. The summed E-state index contributed by atoms with van der Waals surface area (Å²) in [5, 5.41) is 1.15. The van der Waals surface area contributed by atoms with Crippen molar-refractivity contribution in [3.63, 3.8) is 0 Å². The average Bonchev–Trinajstić information content (AvgIpc) is 1.69. The molecule has 0 aromatic heterocycles. The molecule has 0 aromatic carbocycles. The number of alkyl halides is 1. The number of hydrogen-bond acceptors (Lipinski definition) is 0. The van der Waals surface area contributed by atoms with Crippen LogP contribution in [0.5, 0.6) is 0 Å². The largest absolute Gasteiger partial charge is 0.105 e. The van der Waals surface area contributed by atoms with Crippen molar-refractivity contribution in [3.05, 3.63) is 0 Å². The van der Waals surface area contributed by atoms with Gasteiger partial charge in [-0.1, -0.05) is 35.5 Å². The smallest absolute Gasteiger partial charge is 0.0928 e. The van der Waals surface area contributed by atoms with Gasteiger partial charge in [-0.2, -0.15) is 0 Å². The van der Waals surface area contributed by atoms with E-state index in [0.29, 0.717) is 0 Å². The normalized spacial score (nSPS) is 8.86. The van der Waals surface area contributed by atoms with E-state index in [4.69, 9.17) is 0 Å². The monoisotopic (exact) mass is 161 g/mol. The lowest BCUT2D eigenvalue weighted by Crippen LogP contribution is -1.80. The van der Waals surface area contributed by atoms with Crippen molar-refractivity contribution in [1.82, 2.24) is 0 Å². The zero-order valence-electron chi connectivity index (χ0n) is 4.78. The maximum absolute atomic E-state index is 3.37. The minimum atomic E-state index is 1.15. The second-order valence-electron chi connectivity index (χ2n) is 1.59. The quantitative estimate of drug-likeness (QED) is 0.338. The molecule has 0 unspecified atom stereocenters. The van der Waals surface area contributed by atoms with Crippen LogP contribution in [0.4, 0.5) is 0 Å². The Bertz CT molecular complexity index is 27.3. The standard InChI is InChI=1S/C5H11BBr/c1-6-4-2-3-5-7/h2-5H2,1H3. The predicted molar refractivity (Wildman–Crippen MR) is 39.5 cm³/mol. The Balaban J connectivity index is 2.45. The van der Waals surface area contributed by atoms with E-state index in [1.807, 2.05) is 0 Å². The fourth-order valence-corrected chi connectivity index (χ4v) is 0.839. The molecule has 7 heavy (non-hydrogen) atoms. The number of hydrogen-bond donors (Lipinski definition) is 0. The van der Waals surface area contributed by atoms with Gasteiger partial charge in [-0.3, -0.25) is 0 Å². The SMILES string of the molecule is C[B]CCCCBr. The van der Waals surface area contributed by atoms with Crippen molar-refractivity contribution in [1.29, 1.82) is 0 Å². The lowest BCUT2D eigenvalue weighted by atomic mass is 9.76. The first kappa shape index (κ1) is 7.54. The number of rotatable bonds is 4. The molecule has 0 saturated carbocycles. The molecular weight excluding hydrogens is 151 g/mol. The topological polar surface area (TPSA) is 0 Å². The molecule has 2 heteroatoms. The highest BCUT2D eigenvalue weighted by atomic mass is 79.9. The molecular formula is C5H11BBr. The highest BCUT2D eigenvalue weighted by Crippen LogP contribution is 1.97. The zero-order chi connectivity index (χ0) is 5.54. The fourth-order valence-electron chi connectivity index (χ4n) is 0.443. The molecule has 0 nitrogen and oxygen atoms in total.